The number of hydrogen-bond acceptors (Lipinski definition) is 13. The molecule has 0 aliphatic carbocycles. The number of carbonyl (C=O) groups excluding carboxylic acids is 3. The Labute approximate surface area is 205 Å². The van der Waals surface area contributed by atoms with Gasteiger partial charge in [0.15, 0.2) is 10.8 Å². The molecule has 0 bridgehead atoms. The minimum atomic E-state index is -5.04. The first kappa shape index (κ1) is 26.4. The maximum absolute atomic E-state index is 13.0. The highest BCUT2D eigenvalue weighted by Crippen LogP contribution is 2.25. The van der Waals surface area contributed by atoms with Gasteiger partial charge in [-0.15, -0.1) is 16.4 Å². The van der Waals surface area contributed by atoms with Crippen molar-refractivity contribution < 1.29 is 42.1 Å². The SMILES string of the molecule is CC(C)(ON=C(C(=O)N[C@@H]1C(=O)N(S(=O)(=O)O)[C@H]1Cn1cnc(C(N)=O)n1)c1csc(N)n1)C(=O)O. The Morgan fingerprint density at radius 2 is 2.03 bits per heavy atom. The van der Waals surface area contributed by atoms with Crippen LogP contribution in [0.4, 0.5) is 5.13 Å². The molecule has 18 nitrogen and oxygen atoms in total. The summed E-state index contributed by atoms with van der Waals surface area (Å²) >= 11 is 0.930. The molecular weight excluding hydrogens is 526 g/mol. The smallest absolute Gasteiger partial charge is 0.362 e. The van der Waals surface area contributed by atoms with Crippen molar-refractivity contribution in [2.45, 2.75) is 38.1 Å². The van der Waals surface area contributed by atoms with E-state index in [1.807, 2.05) is 0 Å². The number of nitrogen functional groups attached to an aromatic ring is 1. The summed E-state index contributed by atoms with van der Waals surface area (Å²) in [6.07, 6.45) is 1.02. The van der Waals surface area contributed by atoms with E-state index < -0.39 is 69.8 Å². The van der Waals surface area contributed by atoms with Crippen LogP contribution < -0.4 is 16.8 Å². The molecule has 3 amide bonds. The van der Waals surface area contributed by atoms with Gasteiger partial charge in [-0.05, 0) is 13.8 Å². The summed E-state index contributed by atoms with van der Waals surface area (Å²) in [6, 6.07) is -2.94. The highest BCUT2D eigenvalue weighted by atomic mass is 32.2. The number of anilines is 1. The van der Waals surface area contributed by atoms with Crippen LogP contribution in [-0.4, -0.2) is 89.2 Å². The number of aromatic nitrogens is 4. The standard InChI is InChI=1S/C16H19N9O9S2/c1-16(2,14(29)30)34-23-8(6-4-35-15(18)20-6)12(27)21-9-7(25(13(9)28)36(31,32)33)3-24-5-19-11(22-24)10(17)26/h4-5,7,9H,3H2,1-2H3,(H2,17,26)(H2,18,20)(H,21,27)(H,29,30)(H,31,32,33)/t7-,9-/m0/s1. The lowest BCUT2D eigenvalue weighted by atomic mass is 9.98. The highest BCUT2D eigenvalue weighted by molar-refractivity contribution is 7.84. The monoisotopic (exact) mass is 545 g/mol. The van der Waals surface area contributed by atoms with Crippen LogP contribution in [0.3, 0.4) is 0 Å². The van der Waals surface area contributed by atoms with Crippen LogP contribution in [0.1, 0.15) is 30.2 Å². The number of hydrogen-bond donors (Lipinski definition) is 5. The van der Waals surface area contributed by atoms with Crippen LogP contribution in [0.5, 0.6) is 0 Å². The second-order valence-electron chi connectivity index (χ2n) is 7.70. The minimum Gasteiger partial charge on any atom is -0.478 e. The van der Waals surface area contributed by atoms with Crippen molar-refractivity contribution in [3.63, 3.8) is 0 Å². The summed E-state index contributed by atoms with van der Waals surface area (Å²) in [5.74, 6) is -5.06. The average Bonchev–Trinajstić information content (AvgIpc) is 3.40. The summed E-state index contributed by atoms with van der Waals surface area (Å²) in [5.41, 5.74) is 8.13. The van der Waals surface area contributed by atoms with Crippen LogP contribution in [0, 0.1) is 0 Å². The second-order valence-corrected chi connectivity index (χ2v) is 9.88. The molecule has 2 atom stereocenters. The van der Waals surface area contributed by atoms with E-state index in [1.165, 1.54) is 5.38 Å². The van der Waals surface area contributed by atoms with Gasteiger partial charge in [-0.3, -0.25) is 18.9 Å². The van der Waals surface area contributed by atoms with Crippen molar-refractivity contribution in [1.82, 2.24) is 29.4 Å². The molecule has 0 radical (unpaired) electrons. The Kier molecular flexibility index (Phi) is 6.95. The number of β-lactam (4-membered cyclic amide) rings is 1. The predicted octanol–water partition coefficient (Wildman–Crippen LogP) is -2.80. The summed E-state index contributed by atoms with van der Waals surface area (Å²) in [6.45, 7) is 1.89. The Hall–Kier alpha value is -4.17. The molecule has 7 N–H and O–H groups in total. The zero-order chi connectivity index (χ0) is 27.0. The second kappa shape index (κ2) is 9.47. The lowest BCUT2D eigenvalue weighted by Gasteiger charge is -2.43. The molecule has 2 aromatic heterocycles. The van der Waals surface area contributed by atoms with Crippen molar-refractivity contribution in [1.29, 1.82) is 0 Å². The van der Waals surface area contributed by atoms with E-state index in [4.69, 9.17) is 16.3 Å². The van der Waals surface area contributed by atoms with Crippen LogP contribution in [-0.2, 0) is 36.1 Å². The number of nitrogens with two attached hydrogens (primary N) is 2. The topological polar surface area (TPSA) is 275 Å². The molecule has 0 unspecified atom stereocenters. The number of amides is 3. The van der Waals surface area contributed by atoms with Gasteiger partial charge in [0.05, 0.1) is 12.6 Å². The molecule has 1 fully saturated rings. The summed E-state index contributed by atoms with van der Waals surface area (Å²) in [7, 11) is -5.04. The number of primary amides is 1. The van der Waals surface area contributed by atoms with Crippen LogP contribution in [0.25, 0.3) is 0 Å². The van der Waals surface area contributed by atoms with E-state index >= 15 is 0 Å². The molecule has 1 saturated heterocycles. The van der Waals surface area contributed by atoms with Gasteiger partial charge >= 0.3 is 16.3 Å². The van der Waals surface area contributed by atoms with Crippen molar-refractivity contribution in [3.05, 3.63) is 23.2 Å². The summed E-state index contributed by atoms with van der Waals surface area (Å²) < 4.78 is 33.9. The number of carbonyl (C=O) groups is 4. The molecule has 3 heterocycles. The fourth-order valence-corrected chi connectivity index (χ4v) is 4.26. The van der Waals surface area contributed by atoms with E-state index in [0.717, 1.165) is 36.2 Å². The van der Waals surface area contributed by atoms with Crippen molar-refractivity contribution in [3.8, 4) is 0 Å². The maximum Gasteiger partial charge on any atom is 0.362 e. The van der Waals surface area contributed by atoms with Crippen molar-refractivity contribution >= 4 is 56.2 Å². The van der Waals surface area contributed by atoms with Gasteiger partial charge in [0.25, 0.3) is 17.7 Å². The third-order valence-corrected chi connectivity index (χ3v) is 6.32. The Bertz CT molecular complexity index is 1360. The number of carboxylic acids is 1. The fraction of sp³-hybridized carbons (Fsp3) is 0.375. The normalized spacial score (nSPS) is 18.5. The predicted molar refractivity (Wildman–Crippen MR) is 119 cm³/mol. The molecule has 194 valence electrons. The molecule has 1 aliphatic rings. The molecule has 36 heavy (non-hydrogen) atoms. The number of nitrogens with zero attached hydrogens (tertiary/aromatic N) is 6. The van der Waals surface area contributed by atoms with Gasteiger partial charge in [-0.1, -0.05) is 5.16 Å². The number of aliphatic carboxylic acids is 1. The number of carboxylic acid groups (broad SMARTS) is 1. The first-order valence-corrected chi connectivity index (χ1v) is 11.9. The molecule has 1 aliphatic heterocycles. The van der Waals surface area contributed by atoms with E-state index in [2.05, 4.69) is 25.5 Å². The van der Waals surface area contributed by atoms with E-state index in [0.29, 0.717) is 0 Å². The van der Waals surface area contributed by atoms with Gasteiger partial charge < -0.3 is 26.7 Å². The minimum absolute atomic E-state index is 0.0366. The third-order valence-electron chi connectivity index (χ3n) is 4.70. The van der Waals surface area contributed by atoms with E-state index in [9.17, 15) is 37.3 Å². The molecule has 0 saturated carbocycles. The number of oxime groups is 1. The molecule has 20 heteroatoms. The zero-order valence-corrected chi connectivity index (χ0v) is 20.1. The van der Waals surface area contributed by atoms with Gasteiger partial charge in [0, 0.05) is 5.38 Å². The molecule has 0 spiro atoms. The van der Waals surface area contributed by atoms with E-state index in [1.54, 1.807) is 0 Å². The Morgan fingerprint density at radius 3 is 2.53 bits per heavy atom. The largest absolute Gasteiger partial charge is 0.478 e. The van der Waals surface area contributed by atoms with E-state index in [-0.39, 0.29) is 15.1 Å². The van der Waals surface area contributed by atoms with Crippen molar-refractivity contribution in [2.75, 3.05) is 5.73 Å². The number of rotatable bonds is 10. The molecule has 2 aromatic rings. The molecule has 3 rings (SSSR count). The lowest BCUT2D eigenvalue weighted by molar-refractivity contribution is -0.161. The average molecular weight is 546 g/mol. The van der Waals surface area contributed by atoms with Crippen LogP contribution in [0.15, 0.2) is 16.9 Å². The third kappa shape index (κ3) is 5.39. The fourth-order valence-electron chi connectivity index (χ4n) is 2.84. The van der Waals surface area contributed by atoms with Crippen LogP contribution >= 0.6 is 11.3 Å². The Morgan fingerprint density at radius 1 is 1.36 bits per heavy atom. The quantitative estimate of drug-likeness (QED) is 0.0874. The first-order chi connectivity index (χ1) is 16.6. The summed E-state index contributed by atoms with van der Waals surface area (Å²) in [5, 5.41) is 20.1. The zero-order valence-electron chi connectivity index (χ0n) is 18.4. The van der Waals surface area contributed by atoms with Crippen LogP contribution in [0.2, 0.25) is 0 Å². The first-order valence-electron chi connectivity index (χ1n) is 9.63. The number of nitrogens with one attached hydrogen (secondary N) is 1. The number of thiazole rings is 1. The van der Waals surface area contributed by atoms with Gasteiger partial charge in [0.2, 0.25) is 11.4 Å². The van der Waals surface area contributed by atoms with Gasteiger partial charge in [-0.2, -0.15) is 8.42 Å². The highest BCUT2D eigenvalue weighted by Gasteiger charge is 2.54. The molecule has 0 aromatic carbocycles. The van der Waals surface area contributed by atoms with Crippen molar-refractivity contribution in [2.24, 2.45) is 10.9 Å². The van der Waals surface area contributed by atoms with Gasteiger partial charge in [-0.25, -0.2) is 23.7 Å². The maximum atomic E-state index is 13.0. The summed E-state index contributed by atoms with van der Waals surface area (Å²) in [4.78, 5) is 60.5. The van der Waals surface area contributed by atoms with Gasteiger partial charge in [0.1, 0.15) is 18.1 Å². The molecular formula is C16H19N9O9S2. The Balaban J connectivity index is 1.90. The lowest BCUT2D eigenvalue weighted by Crippen LogP contribution is -2.73.